The predicted molar refractivity (Wildman–Crippen MR) is 126 cm³/mol. The Morgan fingerprint density at radius 2 is 0.724 bits per heavy atom. The van der Waals surface area contributed by atoms with Gasteiger partial charge in [0.05, 0.1) is 0 Å². The fraction of sp³-hybridized carbons (Fsp3) is 0.750. The van der Waals surface area contributed by atoms with Crippen molar-refractivity contribution in [2.75, 3.05) is 49.2 Å². The average Bonchev–Trinajstić information content (AvgIpc) is 2.73. The molecule has 0 aliphatic heterocycles. The third-order valence-corrected chi connectivity index (χ3v) is 42.5. The van der Waals surface area contributed by atoms with Crippen LogP contribution in [0.15, 0.2) is 20.0 Å². The summed E-state index contributed by atoms with van der Waals surface area (Å²) in [6, 6.07) is 0. The number of aliphatic imine (C=N–C) groups is 4. The topological polar surface area (TPSA) is 118 Å². The van der Waals surface area contributed by atoms with Gasteiger partial charge in [-0.3, -0.25) is 0 Å². The second-order valence-electron chi connectivity index (χ2n) is 5.20. The minimum absolute atomic E-state index is 0.477. The van der Waals surface area contributed by atoms with Crippen LogP contribution < -0.4 is 0 Å². The fourth-order valence-electron chi connectivity index (χ4n) is 1.80. The number of hydrogen-bond acceptors (Lipinski definition) is 12. The molecule has 0 aliphatic rings. The molecule has 0 atom stereocenters. The van der Waals surface area contributed by atoms with Crippen LogP contribution in [0.25, 0.3) is 0 Å². The molecule has 0 unspecified atom stereocenters. The molecule has 8 nitrogen and oxygen atoms in total. The first kappa shape index (κ1) is 28.5. The van der Waals surface area contributed by atoms with Crippen molar-refractivity contribution in [3.8, 4) is 0 Å². The number of nitrogens with zero attached hydrogens (tertiary/aromatic N) is 4. The molecule has 13 heteroatoms. The van der Waals surface area contributed by atoms with Gasteiger partial charge in [-0.25, -0.2) is 0 Å². The molecule has 0 aromatic rings. The maximum atomic E-state index is 10.2. The van der Waals surface area contributed by atoms with Crippen LogP contribution in [0.3, 0.4) is 0 Å². The van der Waals surface area contributed by atoms with Gasteiger partial charge in [-0.15, -0.1) is 0 Å². The van der Waals surface area contributed by atoms with E-state index in [4.69, 9.17) is 0 Å². The molecule has 0 N–H and O–H groups in total. The van der Waals surface area contributed by atoms with Crippen LogP contribution in [-0.2, 0) is 19.2 Å². The summed E-state index contributed by atoms with van der Waals surface area (Å²) in [6.45, 7) is 1.91. The van der Waals surface area contributed by atoms with Crippen molar-refractivity contribution in [2.24, 2.45) is 20.0 Å². The van der Waals surface area contributed by atoms with Crippen LogP contribution in [0.4, 0.5) is 0 Å². The summed E-state index contributed by atoms with van der Waals surface area (Å²) in [6.07, 6.45) is 9.52. The molecule has 0 spiro atoms. The fourth-order valence-corrected chi connectivity index (χ4v) is 40.8. The van der Waals surface area contributed by atoms with E-state index in [1.807, 2.05) is 40.3 Å². The van der Waals surface area contributed by atoms with Gasteiger partial charge < -0.3 is 0 Å². The third kappa shape index (κ3) is 18.0. The van der Waals surface area contributed by atoms with Crippen LogP contribution in [0.5, 0.6) is 0 Å². The number of carbonyl (C=O) groups excluding carboxylic acids is 4. The normalized spacial score (nSPS) is 11.9. The van der Waals surface area contributed by atoms with Gasteiger partial charge in [-0.1, -0.05) is 0 Å². The first-order valence-electron chi connectivity index (χ1n) is 8.95. The van der Waals surface area contributed by atoms with Gasteiger partial charge in [-0.2, -0.15) is 0 Å². The SMILES string of the molecule is O=C=NCCC[S][Ge]([S]CCCN=C=O)([S]CCCN=C=O)[S]CCCN=C=O. The van der Waals surface area contributed by atoms with Gasteiger partial charge in [0.25, 0.3) is 0 Å². The average molecular weight is 537 g/mol. The van der Waals surface area contributed by atoms with E-state index < -0.39 is 8.70 Å². The summed E-state index contributed by atoms with van der Waals surface area (Å²) in [7, 11) is 5.36. The summed E-state index contributed by atoms with van der Waals surface area (Å²) in [5, 5.41) is 0. The molecule has 0 saturated carbocycles. The molecule has 160 valence electrons. The molecule has 0 rings (SSSR count). The van der Waals surface area contributed by atoms with E-state index >= 15 is 0 Å². The summed E-state index contributed by atoms with van der Waals surface area (Å²) in [5.74, 6) is 3.63. The zero-order valence-electron chi connectivity index (χ0n) is 16.0. The van der Waals surface area contributed by atoms with E-state index in [-0.39, 0.29) is 0 Å². The molecule has 0 aromatic carbocycles. The van der Waals surface area contributed by atoms with E-state index in [9.17, 15) is 19.2 Å². The molecule has 0 heterocycles. The van der Waals surface area contributed by atoms with Crippen molar-refractivity contribution in [1.82, 2.24) is 0 Å². The summed E-state index contributed by atoms with van der Waals surface area (Å²) in [5.41, 5.74) is 0. The quantitative estimate of drug-likeness (QED) is 0.101. The van der Waals surface area contributed by atoms with Crippen LogP contribution in [0, 0.1) is 0 Å². The van der Waals surface area contributed by atoms with Gasteiger partial charge in [0.15, 0.2) is 0 Å². The van der Waals surface area contributed by atoms with E-state index in [2.05, 4.69) is 20.0 Å². The second kappa shape index (κ2) is 22.2. The van der Waals surface area contributed by atoms with Gasteiger partial charge in [0.2, 0.25) is 0 Å². The monoisotopic (exact) mass is 538 g/mol. The molecule has 0 bridgehead atoms. The van der Waals surface area contributed by atoms with Crippen LogP contribution >= 0.6 is 40.3 Å². The number of hydrogen-bond donors (Lipinski definition) is 0. The van der Waals surface area contributed by atoms with Crippen LogP contribution in [-0.4, -0.2) is 82.2 Å². The van der Waals surface area contributed by atoms with E-state index in [1.165, 1.54) is 0 Å². The van der Waals surface area contributed by atoms with Crippen molar-refractivity contribution in [3.05, 3.63) is 0 Å². The molecule has 0 fully saturated rings. The Kier molecular flexibility index (Phi) is 21.7. The molecule has 0 radical (unpaired) electrons. The minimum atomic E-state index is -2.54. The van der Waals surface area contributed by atoms with E-state index in [1.54, 1.807) is 24.3 Å². The Bertz CT molecular complexity index is 523. The molecule has 0 amide bonds. The Balaban J connectivity index is 4.93. The summed E-state index contributed by atoms with van der Waals surface area (Å²) >= 11 is 0. The Hall–Kier alpha value is -0.537. The van der Waals surface area contributed by atoms with Crippen molar-refractivity contribution in [2.45, 2.75) is 25.7 Å². The van der Waals surface area contributed by atoms with E-state index in [0.29, 0.717) is 26.2 Å². The van der Waals surface area contributed by atoms with E-state index in [0.717, 1.165) is 48.7 Å². The molecule has 0 aliphatic carbocycles. The summed E-state index contributed by atoms with van der Waals surface area (Å²) < 4.78 is 0. The standard InChI is InChI=1S/C16H24GeN4O4S4/c22-13-18-5-1-9-26-17(27-10-2-6-19-14-23,28-11-3-7-20-15-24)29-12-4-8-21-16-25/h1-12H2. The third-order valence-electron chi connectivity index (χ3n) is 3.03. The van der Waals surface area contributed by atoms with Crippen molar-refractivity contribution in [1.29, 1.82) is 0 Å². The Morgan fingerprint density at radius 1 is 0.483 bits per heavy atom. The summed E-state index contributed by atoms with van der Waals surface area (Å²) in [4.78, 5) is 55.4. The van der Waals surface area contributed by atoms with Crippen LogP contribution in [0.1, 0.15) is 25.7 Å². The molecule has 29 heavy (non-hydrogen) atoms. The van der Waals surface area contributed by atoms with Crippen LogP contribution in [0.2, 0.25) is 0 Å². The predicted octanol–water partition coefficient (Wildman–Crippen LogP) is 3.26. The van der Waals surface area contributed by atoms with Crippen molar-refractivity contribution < 1.29 is 19.2 Å². The van der Waals surface area contributed by atoms with Crippen molar-refractivity contribution >= 4 is 73.4 Å². The van der Waals surface area contributed by atoms with Gasteiger partial charge >= 0.3 is 187 Å². The molecular weight excluding hydrogens is 513 g/mol. The number of isocyanates is 4. The zero-order chi connectivity index (χ0) is 21.5. The zero-order valence-corrected chi connectivity index (χ0v) is 21.4. The Labute approximate surface area is 186 Å². The molecule has 0 aromatic heterocycles. The maximum absolute atomic E-state index is 10.2. The van der Waals surface area contributed by atoms with Crippen molar-refractivity contribution in [3.63, 3.8) is 0 Å². The van der Waals surface area contributed by atoms with Gasteiger partial charge in [0.1, 0.15) is 0 Å². The second-order valence-corrected chi connectivity index (χ2v) is 38.1. The van der Waals surface area contributed by atoms with Gasteiger partial charge in [-0.05, 0) is 0 Å². The number of rotatable bonds is 20. The van der Waals surface area contributed by atoms with Gasteiger partial charge in [0, 0.05) is 0 Å². The Morgan fingerprint density at radius 3 is 0.931 bits per heavy atom. The first-order valence-corrected chi connectivity index (χ1v) is 23.2. The molecular formula is C16H24GeN4O4S4. The molecule has 0 saturated heterocycles. The first-order chi connectivity index (χ1) is 14.2.